The number of nitrogens with one attached hydrogen (secondary N) is 1. The Kier molecular flexibility index (Phi) is 6.72. The van der Waals surface area contributed by atoms with E-state index < -0.39 is 0 Å². The van der Waals surface area contributed by atoms with Crippen LogP contribution < -0.4 is 10.1 Å². The quantitative estimate of drug-likeness (QED) is 0.535. The van der Waals surface area contributed by atoms with Crippen molar-refractivity contribution in [2.45, 2.75) is 6.42 Å². The Morgan fingerprint density at radius 1 is 1.29 bits per heavy atom. The molecule has 2 aromatic carbocycles. The highest BCUT2D eigenvalue weighted by atomic mass is 35.5. The lowest BCUT2D eigenvalue weighted by atomic mass is 10.2. The molecule has 0 saturated carbocycles. The van der Waals surface area contributed by atoms with Gasteiger partial charge in [0.2, 0.25) is 5.91 Å². The minimum Gasteiger partial charge on any atom is -0.497 e. The summed E-state index contributed by atoms with van der Waals surface area (Å²) >= 11 is 12.7. The summed E-state index contributed by atoms with van der Waals surface area (Å²) < 4.78 is 5.56. The van der Waals surface area contributed by atoms with Gasteiger partial charge in [0, 0.05) is 29.7 Å². The van der Waals surface area contributed by atoms with Crippen molar-refractivity contribution in [2.24, 2.45) is 0 Å². The van der Waals surface area contributed by atoms with Gasteiger partial charge in [0.1, 0.15) is 10.1 Å². The number of thioether (sulfide) groups is 1. The van der Waals surface area contributed by atoms with Gasteiger partial charge in [-0.1, -0.05) is 59.8 Å². The second-order valence-electron chi connectivity index (χ2n) is 5.88. The molecular formula is C20H17ClN2O3S2. The molecule has 1 aliphatic rings. The smallest absolute Gasteiger partial charge is 0.266 e. The number of methoxy groups -OCH3 is 1. The van der Waals surface area contributed by atoms with E-state index in [1.165, 1.54) is 16.7 Å². The Bertz CT molecular complexity index is 962. The fraction of sp³-hybridized carbons (Fsp3) is 0.150. The first kappa shape index (κ1) is 20.4. The molecule has 1 N–H and O–H groups in total. The molecule has 0 aromatic heterocycles. The standard InChI is InChI=1S/C20H17ClN2O3S2/c1-26-15-7-4-6-14(12-15)22-18(24)9-10-23-19(25)17(28-20(23)27)11-13-5-2-3-8-16(13)21/h2-8,11-12H,9-10H2,1H3,(H,22,24)/b17-11-. The largest absolute Gasteiger partial charge is 0.497 e. The van der Waals surface area contributed by atoms with E-state index in [1.54, 1.807) is 43.5 Å². The highest BCUT2D eigenvalue weighted by Crippen LogP contribution is 2.33. The molecule has 5 nitrogen and oxygen atoms in total. The van der Waals surface area contributed by atoms with Crippen molar-refractivity contribution in [3.8, 4) is 5.75 Å². The SMILES string of the molecule is COc1cccc(NC(=O)CCN2C(=O)/C(=C/c3ccccc3Cl)SC2=S)c1. The second-order valence-corrected chi connectivity index (χ2v) is 7.97. The van der Waals surface area contributed by atoms with E-state index in [-0.39, 0.29) is 24.8 Å². The van der Waals surface area contributed by atoms with Crippen molar-refractivity contribution in [1.29, 1.82) is 0 Å². The first-order valence-corrected chi connectivity index (χ1v) is 10.0. The molecule has 144 valence electrons. The minimum absolute atomic E-state index is 0.128. The van der Waals surface area contributed by atoms with Gasteiger partial charge in [-0.15, -0.1) is 0 Å². The monoisotopic (exact) mass is 432 g/mol. The fourth-order valence-corrected chi connectivity index (χ4v) is 4.05. The van der Waals surface area contributed by atoms with Gasteiger partial charge in [0.05, 0.1) is 12.0 Å². The molecule has 3 rings (SSSR count). The van der Waals surface area contributed by atoms with Crippen LogP contribution in [0, 0.1) is 0 Å². The van der Waals surface area contributed by atoms with Crippen LogP contribution in [-0.2, 0) is 9.59 Å². The van der Waals surface area contributed by atoms with Gasteiger partial charge in [-0.2, -0.15) is 0 Å². The highest BCUT2D eigenvalue weighted by molar-refractivity contribution is 8.26. The summed E-state index contributed by atoms with van der Waals surface area (Å²) in [7, 11) is 1.56. The van der Waals surface area contributed by atoms with Crippen LogP contribution in [0.1, 0.15) is 12.0 Å². The van der Waals surface area contributed by atoms with Crippen LogP contribution in [0.5, 0.6) is 5.75 Å². The van der Waals surface area contributed by atoms with Gasteiger partial charge in [-0.05, 0) is 29.8 Å². The number of benzene rings is 2. The van der Waals surface area contributed by atoms with Crippen LogP contribution in [0.15, 0.2) is 53.4 Å². The molecule has 0 aliphatic carbocycles. The molecule has 8 heteroatoms. The second kappa shape index (κ2) is 9.23. The Hall–Kier alpha value is -2.35. The molecule has 0 spiro atoms. The number of nitrogens with zero attached hydrogens (tertiary/aromatic N) is 1. The van der Waals surface area contributed by atoms with Crippen LogP contribution in [0.3, 0.4) is 0 Å². The van der Waals surface area contributed by atoms with Crippen molar-refractivity contribution in [2.75, 3.05) is 19.0 Å². The molecule has 0 radical (unpaired) electrons. The van der Waals surface area contributed by atoms with Crippen molar-refractivity contribution in [3.63, 3.8) is 0 Å². The third-order valence-electron chi connectivity index (χ3n) is 3.98. The molecule has 1 saturated heterocycles. The van der Waals surface area contributed by atoms with Crippen molar-refractivity contribution < 1.29 is 14.3 Å². The first-order chi connectivity index (χ1) is 13.5. The zero-order valence-corrected chi connectivity index (χ0v) is 17.4. The molecule has 2 aromatic rings. The number of carbonyl (C=O) groups is 2. The predicted molar refractivity (Wildman–Crippen MR) is 118 cm³/mol. The minimum atomic E-state index is -0.218. The number of rotatable bonds is 6. The summed E-state index contributed by atoms with van der Waals surface area (Å²) in [5.41, 5.74) is 1.38. The number of thiocarbonyl (C=S) groups is 1. The lowest BCUT2D eigenvalue weighted by Crippen LogP contribution is -2.31. The summed E-state index contributed by atoms with van der Waals surface area (Å²) in [6.07, 6.45) is 1.85. The highest BCUT2D eigenvalue weighted by Gasteiger charge is 2.32. The molecule has 1 fully saturated rings. The zero-order chi connectivity index (χ0) is 20.1. The van der Waals surface area contributed by atoms with E-state index in [0.717, 1.165) is 5.56 Å². The van der Waals surface area contributed by atoms with Crippen molar-refractivity contribution >= 4 is 63.5 Å². The number of hydrogen-bond donors (Lipinski definition) is 1. The zero-order valence-electron chi connectivity index (χ0n) is 15.0. The molecule has 2 amide bonds. The normalized spacial score (nSPS) is 15.2. The number of halogens is 1. The maximum Gasteiger partial charge on any atom is 0.266 e. The van der Waals surface area contributed by atoms with Gasteiger partial charge < -0.3 is 10.1 Å². The first-order valence-electron chi connectivity index (χ1n) is 8.42. The van der Waals surface area contributed by atoms with Crippen LogP contribution in [-0.4, -0.2) is 34.7 Å². The van der Waals surface area contributed by atoms with Crippen LogP contribution in [0.25, 0.3) is 6.08 Å². The Labute approximate surface area is 177 Å². The Balaban J connectivity index is 1.61. The molecule has 28 heavy (non-hydrogen) atoms. The number of carbonyl (C=O) groups excluding carboxylic acids is 2. The Morgan fingerprint density at radius 3 is 2.82 bits per heavy atom. The summed E-state index contributed by atoms with van der Waals surface area (Å²) in [4.78, 5) is 26.8. The fourth-order valence-electron chi connectivity index (χ4n) is 2.56. The third kappa shape index (κ3) is 4.92. The average molecular weight is 433 g/mol. The maximum absolute atomic E-state index is 12.6. The predicted octanol–water partition coefficient (Wildman–Crippen LogP) is 4.58. The summed E-state index contributed by atoms with van der Waals surface area (Å²) in [5, 5.41) is 3.35. The number of hydrogen-bond acceptors (Lipinski definition) is 5. The summed E-state index contributed by atoms with van der Waals surface area (Å²) in [6.45, 7) is 0.209. The molecule has 1 aliphatic heterocycles. The van der Waals surface area contributed by atoms with E-state index >= 15 is 0 Å². The van der Waals surface area contributed by atoms with Gasteiger partial charge in [-0.25, -0.2) is 0 Å². The summed E-state index contributed by atoms with van der Waals surface area (Å²) in [6, 6.07) is 14.3. The van der Waals surface area contributed by atoms with Gasteiger partial charge in [0.25, 0.3) is 5.91 Å². The third-order valence-corrected chi connectivity index (χ3v) is 5.70. The lowest BCUT2D eigenvalue weighted by molar-refractivity contribution is -0.122. The number of anilines is 1. The van der Waals surface area contributed by atoms with E-state index in [2.05, 4.69) is 5.32 Å². The van der Waals surface area contributed by atoms with Crippen LogP contribution >= 0.6 is 35.6 Å². The molecule has 1 heterocycles. The van der Waals surface area contributed by atoms with Gasteiger partial charge >= 0.3 is 0 Å². The van der Waals surface area contributed by atoms with E-state index in [1.807, 2.05) is 18.2 Å². The van der Waals surface area contributed by atoms with E-state index in [4.69, 9.17) is 28.6 Å². The summed E-state index contributed by atoms with van der Waals surface area (Å²) in [5.74, 6) is 0.223. The van der Waals surface area contributed by atoms with Crippen LogP contribution in [0.2, 0.25) is 5.02 Å². The molecular weight excluding hydrogens is 416 g/mol. The maximum atomic E-state index is 12.6. The van der Waals surface area contributed by atoms with E-state index in [9.17, 15) is 9.59 Å². The molecule has 0 unspecified atom stereocenters. The number of amides is 2. The topological polar surface area (TPSA) is 58.6 Å². The van der Waals surface area contributed by atoms with Crippen molar-refractivity contribution in [3.05, 3.63) is 64.0 Å². The van der Waals surface area contributed by atoms with Gasteiger partial charge in [-0.3, -0.25) is 14.5 Å². The number of ether oxygens (including phenoxy) is 1. The average Bonchev–Trinajstić information content (AvgIpc) is 2.95. The lowest BCUT2D eigenvalue weighted by Gasteiger charge is -2.14. The van der Waals surface area contributed by atoms with Gasteiger partial charge in [0.15, 0.2) is 0 Å². The Morgan fingerprint density at radius 2 is 2.07 bits per heavy atom. The van der Waals surface area contributed by atoms with Crippen molar-refractivity contribution in [1.82, 2.24) is 4.90 Å². The molecule has 0 bridgehead atoms. The molecule has 0 atom stereocenters. The van der Waals surface area contributed by atoms with E-state index in [0.29, 0.717) is 25.7 Å². The van der Waals surface area contributed by atoms with Crippen LogP contribution in [0.4, 0.5) is 5.69 Å².